The van der Waals surface area contributed by atoms with Crippen molar-refractivity contribution >= 4 is 40.4 Å². The van der Waals surface area contributed by atoms with Crippen LogP contribution < -0.4 is 10.2 Å². The van der Waals surface area contributed by atoms with Crippen LogP contribution in [-0.4, -0.2) is 11.8 Å². The minimum absolute atomic E-state index is 0.122. The van der Waals surface area contributed by atoms with Crippen LogP contribution in [0, 0.1) is 19.7 Å². The van der Waals surface area contributed by atoms with Crippen molar-refractivity contribution in [1.82, 2.24) is 0 Å². The van der Waals surface area contributed by atoms with Gasteiger partial charge in [-0.25, -0.2) is 9.29 Å². The number of carbonyl (C=O) groups is 2. The molecule has 2 amide bonds. The second-order valence-electron chi connectivity index (χ2n) is 7.16. The molecule has 3 aromatic rings. The van der Waals surface area contributed by atoms with Gasteiger partial charge in [-0.15, -0.1) is 0 Å². The number of anilines is 2. The van der Waals surface area contributed by atoms with Crippen LogP contribution >= 0.6 is 11.6 Å². The lowest BCUT2D eigenvalue weighted by Gasteiger charge is -2.17. The molecule has 0 aliphatic carbocycles. The Bertz CT molecular complexity index is 1180. The highest BCUT2D eigenvalue weighted by molar-refractivity contribution is 6.48. The number of nitrogens with zero attached hydrogens (tertiary/aromatic N) is 1. The molecule has 0 saturated carbocycles. The number of halogens is 2. The number of aryl methyl sites for hydroxylation is 2. The van der Waals surface area contributed by atoms with E-state index >= 15 is 0 Å². The van der Waals surface area contributed by atoms with Gasteiger partial charge in [0.2, 0.25) is 0 Å². The third kappa shape index (κ3) is 3.60. The molecule has 4 rings (SSSR count). The Morgan fingerprint density at radius 1 is 0.867 bits per heavy atom. The Hall–Kier alpha value is -3.44. The van der Waals surface area contributed by atoms with Crippen molar-refractivity contribution in [1.29, 1.82) is 0 Å². The summed E-state index contributed by atoms with van der Waals surface area (Å²) in [6.45, 7) is 3.90. The quantitative estimate of drug-likeness (QED) is 0.567. The van der Waals surface area contributed by atoms with Gasteiger partial charge in [0.1, 0.15) is 11.5 Å². The average Bonchev–Trinajstić information content (AvgIpc) is 2.92. The molecule has 6 heteroatoms. The summed E-state index contributed by atoms with van der Waals surface area (Å²) in [7, 11) is 0. The molecule has 0 fully saturated rings. The number of benzene rings is 3. The molecule has 30 heavy (non-hydrogen) atoms. The first kappa shape index (κ1) is 19.9. The summed E-state index contributed by atoms with van der Waals surface area (Å²) in [5.74, 6) is -1.47. The number of hydrogen-bond donors (Lipinski definition) is 1. The maximum Gasteiger partial charge on any atom is 0.282 e. The zero-order valence-electron chi connectivity index (χ0n) is 16.4. The van der Waals surface area contributed by atoms with Crippen molar-refractivity contribution in [2.75, 3.05) is 10.2 Å². The molecule has 0 spiro atoms. The van der Waals surface area contributed by atoms with Crippen LogP contribution in [0.2, 0.25) is 5.02 Å². The number of hydrogen-bond acceptors (Lipinski definition) is 3. The molecule has 0 aromatic heterocycles. The molecule has 150 valence electrons. The molecule has 1 heterocycles. The lowest BCUT2D eigenvalue weighted by molar-refractivity contribution is -0.120. The van der Waals surface area contributed by atoms with E-state index in [2.05, 4.69) is 5.32 Å². The SMILES string of the molecule is Cc1cc(C)cc(NC2=C(c3ccc(F)cc3)C(=O)N(c3ccccc3Cl)C2=O)c1. The maximum absolute atomic E-state index is 13.5. The van der Waals surface area contributed by atoms with Gasteiger partial charge in [-0.1, -0.05) is 41.9 Å². The fourth-order valence-electron chi connectivity index (χ4n) is 3.57. The van der Waals surface area contributed by atoms with E-state index in [1.54, 1.807) is 24.3 Å². The van der Waals surface area contributed by atoms with Crippen molar-refractivity contribution in [2.24, 2.45) is 0 Å². The second-order valence-corrected chi connectivity index (χ2v) is 7.56. The second kappa shape index (κ2) is 7.76. The van der Waals surface area contributed by atoms with Crippen LogP contribution in [0.4, 0.5) is 15.8 Å². The Kier molecular flexibility index (Phi) is 5.14. The maximum atomic E-state index is 13.5. The minimum Gasteiger partial charge on any atom is -0.350 e. The van der Waals surface area contributed by atoms with Crippen LogP contribution in [0.15, 0.2) is 72.4 Å². The van der Waals surface area contributed by atoms with Gasteiger partial charge in [0, 0.05) is 5.69 Å². The van der Waals surface area contributed by atoms with Crippen LogP contribution in [0.1, 0.15) is 16.7 Å². The van der Waals surface area contributed by atoms with Gasteiger partial charge in [0.15, 0.2) is 0 Å². The predicted octanol–water partition coefficient (Wildman–Crippen LogP) is 5.49. The predicted molar refractivity (Wildman–Crippen MR) is 117 cm³/mol. The molecule has 3 aromatic carbocycles. The van der Waals surface area contributed by atoms with Crippen molar-refractivity contribution < 1.29 is 14.0 Å². The summed E-state index contributed by atoms with van der Waals surface area (Å²) in [5, 5.41) is 3.40. The summed E-state index contributed by atoms with van der Waals surface area (Å²) in [4.78, 5) is 27.7. The van der Waals surface area contributed by atoms with E-state index in [0.717, 1.165) is 16.0 Å². The monoisotopic (exact) mass is 420 g/mol. The van der Waals surface area contributed by atoms with E-state index in [4.69, 9.17) is 11.6 Å². The van der Waals surface area contributed by atoms with E-state index < -0.39 is 17.6 Å². The number of para-hydroxylation sites is 1. The van der Waals surface area contributed by atoms with Gasteiger partial charge in [-0.05, 0) is 66.9 Å². The first-order valence-corrected chi connectivity index (χ1v) is 9.72. The topological polar surface area (TPSA) is 49.4 Å². The highest BCUT2D eigenvalue weighted by Crippen LogP contribution is 2.36. The largest absolute Gasteiger partial charge is 0.350 e. The van der Waals surface area contributed by atoms with E-state index in [1.165, 1.54) is 24.3 Å². The number of rotatable bonds is 4. The van der Waals surface area contributed by atoms with Gasteiger partial charge in [-0.2, -0.15) is 0 Å². The molecule has 1 N–H and O–H groups in total. The molecule has 0 saturated heterocycles. The zero-order valence-corrected chi connectivity index (χ0v) is 17.1. The molecule has 0 radical (unpaired) electrons. The summed E-state index contributed by atoms with van der Waals surface area (Å²) >= 11 is 6.26. The van der Waals surface area contributed by atoms with E-state index in [9.17, 15) is 14.0 Å². The first-order chi connectivity index (χ1) is 14.3. The van der Waals surface area contributed by atoms with Gasteiger partial charge in [-0.3, -0.25) is 9.59 Å². The van der Waals surface area contributed by atoms with Crippen molar-refractivity contribution in [3.63, 3.8) is 0 Å². The van der Waals surface area contributed by atoms with E-state index in [-0.39, 0.29) is 16.3 Å². The normalized spacial score (nSPS) is 13.9. The van der Waals surface area contributed by atoms with Crippen LogP contribution in [0.5, 0.6) is 0 Å². The Labute approximate surface area is 178 Å². The Morgan fingerprint density at radius 3 is 2.13 bits per heavy atom. The lowest BCUT2D eigenvalue weighted by atomic mass is 10.0. The molecule has 0 unspecified atom stereocenters. The van der Waals surface area contributed by atoms with Crippen molar-refractivity contribution in [3.8, 4) is 0 Å². The van der Waals surface area contributed by atoms with Crippen LogP contribution in [-0.2, 0) is 9.59 Å². The molecule has 0 bridgehead atoms. The third-order valence-corrected chi connectivity index (χ3v) is 5.12. The van der Waals surface area contributed by atoms with E-state index in [1.807, 2.05) is 32.0 Å². The first-order valence-electron chi connectivity index (χ1n) is 9.34. The fourth-order valence-corrected chi connectivity index (χ4v) is 3.79. The van der Waals surface area contributed by atoms with E-state index in [0.29, 0.717) is 16.9 Å². The average molecular weight is 421 g/mol. The summed E-state index contributed by atoms with van der Waals surface area (Å²) in [5.41, 5.74) is 3.74. The molecule has 1 aliphatic rings. The molecule has 0 atom stereocenters. The number of carbonyl (C=O) groups excluding carboxylic acids is 2. The summed E-state index contributed by atoms with van der Waals surface area (Å²) in [6, 6.07) is 17.9. The van der Waals surface area contributed by atoms with Crippen LogP contribution in [0.3, 0.4) is 0 Å². The molecular formula is C24H18ClFN2O2. The van der Waals surface area contributed by atoms with Gasteiger partial charge < -0.3 is 5.32 Å². The minimum atomic E-state index is -0.522. The molecule has 4 nitrogen and oxygen atoms in total. The molecule has 1 aliphatic heterocycles. The fraction of sp³-hybridized carbons (Fsp3) is 0.0833. The lowest BCUT2D eigenvalue weighted by Crippen LogP contribution is -2.32. The molecular weight excluding hydrogens is 403 g/mol. The third-order valence-electron chi connectivity index (χ3n) is 4.80. The summed E-state index contributed by atoms with van der Waals surface area (Å²) < 4.78 is 13.5. The number of nitrogens with one attached hydrogen (secondary N) is 1. The van der Waals surface area contributed by atoms with Gasteiger partial charge >= 0.3 is 0 Å². The number of amides is 2. The zero-order chi connectivity index (χ0) is 21.4. The summed E-state index contributed by atoms with van der Waals surface area (Å²) in [6.07, 6.45) is 0. The van der Waals surface area contributed by atoms with Crippen molar-refractivity contribution in [2.45, 2.75) is 13.8 Å². The van der Waals surface area contributed by atoms with Crippen LogP contribution in [0.25, 0.3) is 5.57 Å². The van der Waals surface area contributed by atoms with Crippen molar-refractivity contribution in [3.05, 3.63) is 100.0 Å². The highest BCUT2D eigenvalue weighted by Gasteiger charge is 2.41. The Morgan fingerprint density at radius 2 is 1.50 bits per heavy atom. The Balaban J connectivity index is 1.86. The standard InChI is InChI=1S/C24H18ClFN2O2/c1-14-11-15(2)13-18(12-14)27-22-21(16-7-9-17(26)10-8-16)23(29)28(24(22)30)20-6-4-3-5-19(20)25/h3-13,27H,1-2H3. The highest BCUT2D eigenvalue weighted by atomic mass is 35.5. The van der Waals surface area contributed by atoms with Gasteiger partial charge in [0.05, 0.1) is 16.3 Å². The number of imide groups is 1. The smallest absolute Gasteiger partial charge is 0.282 e. The van der Waals surface area contributed by atoms with Gasteiger partial charge in [0.25, 0.3) is 11.8 Å².